The Morgan fingerprint density at radius 2 is 2.32 bits per heavy atom. The molecule has 19 heavy (non-hydrogen) atoms. The fourth-order valence-electron chi connectivity index (χ4n) is 2.42. The molecule has 0 amide bonds. The van der Waals surface area contributed by atoms with E-state index in [1.807, 2.05) is 0 Å². The zero-order valence-corrected chi connectivity index (χ0v) is 12.4. The number of sulfonamides is 1. The number of nitrogens with zero attached hydrogens (tertiary/aromatic N) is 3. The maximum Gasteiger partial charge on any atom is 0.260 e. The minimum Gasteiger partial charge on any atom is -0.313 e. The summed E-state index contributed by atoms with van der Waals surface area (Å²) in [4.78, 5) is 0. The maximum absolute atomic E-state index is 12.5. The van der Waals surface area contributed by atoms with Crippen molar-refractivity contribution in [2.45, 2.75) is 37.3 Å². The summed E-state index contributed by atoms with van der Waals surface area (Å²) in [5.74, 6) is 0. The van der Waals surface area contributed by atoms with Gasteiger partial charge >= 0.3 is 0 Å². The van der Waals surface area contributed by atoms with E-state index in [1.165, 1.54) is 10.9 Å². The molecule has 6 nitrogen and oxygen atoms in total. The van der Waals surface area contributed by atoms with Crippen LogP contribution in [-0.2, 0) is 17.1 Å². The van der Waals surface area contributed by atoms with Gasteiger partial charge in [-0.25, -0.2) is 8.42 Å². The minimum absolute atomic E-state index is 0.261. The smallest absolute Gasteiger partial charge is 0.260 e. The molecule has 1 N–H and O–H groups in total. The van der Waals surface area contributed by atoms with Crippen LogP contribution >= 0.6 is 0 Å². The Kier molecular flexibility index (Phi) is 4.59. The molecule has 1 aromatic heterocycles. The van der Waals surface area contributed by atoms with Crippen LogP contribution in [0.15, 0.2) is 17.3 Å². The van der Waals surface area contributed by atoms with Crippen molar-refractivity contribution < 1.29 is 8.42 Å². The zero-order valence-electron chi connectivity index (χ0n) is 11.5. The second kappa shape index (κ2) is 6.02. The molecule has 0 bridgehead atoms. The summed E-state index contributed by atoms with van der Waals surface area (Å²) in [6.07, 6.45) is 4.52. The predicted octanol–water partition coefficient (Wildman–Crippen LogP) is 0.573. The molecule has 2 rings (SSSR count). The van der Waals surface area contributed by atoms with Crippen molar-refractivity contribution >= 4 is 10.0 Å². The molecule has 1 aromatic rings. The van der Waals surface area contributed by atoms with Crippen molar-refractivity contribution in [3.05, 3.63) is 12.3 Å². The van der Waals surface area contributed by atoms with Crippen molar-refractivity contribution in [1.82, 2.24) is 19.4 Å². The highest BCUT2D eigenvalue weighted by molar-refractivity contribution is 7.89. The third kappa shape index (κ3) is 3.16. The molecular formula is C12H22N4O2S. The first-order chi connectivity index (χ1) is 9.05. The van der Waals surface area contributed by atoms with Gasteiger partial charge in [0.1, 0.15) is 0 Å². The van der Waals surface area contributed by atoms with Gasteiger partial charge in [0.2, 0.25) is 0 Å². The average molecular weight is 286 g/mol. The molecule has 1 saturated heterocycles. The van der Waals surface area contributed by atoms with Gasteiger partial charge in [-0.1, -0.05) is 6.92 Å². The zero-order chi connectivity index (χ0) is 13.9. The number of nitrogens with one attached hydrogen (secondary N) is 1. The lowest BCUT2D eigenvalue weighted by Crippen LogP contribution is -2.48. The summed E-state index contributed by atoms with van der Waals surface area (Å²) >= 11 is 0. The minimum atomic E-state index is -3.41. The van der Waals surface area contributed by atoms with E-state index in [2.05, 4.69) is 17.3 Å². The van der Waals surface area contributed by atoms with Crippen LogP contribution < -0.4 is 5.32 Å². The average Bonchev–Trinajstić information content (AvgIpc) is 2.84. The second-order valence-electron chi connectivity index (χ2n) is 4.95. The normalized spacial score (nSPS) is 21.7. The Bertz CT molecular complexity index is 512. The summed E-state index contributed by atoms with van der Waals surface area (Å²) in [6.45, 7) is 4.19. The van der Waals surface area contributed by atoms with E-state index in [9.17, 15) is 8.42 Å². The van der Waals surface area contributed by atoms with E-state index in [0.29, 0.717) is 13.1 Å². The molecule has 0 spiro atoms. The van der Waals surface area contributed by atoms with E-state index < -0.39 is 10.0 Å². The Labute approximate surface area is 114 Å². The Balaban J connectivity index is 2.10. The topological polar surface area (TPSA) is 67.2 Å². The van der Waals surface area contributed by atoms with Crippen molar-refractivity contribution in [1.29, 1.82) is 0 Å². The van der Waals surface area contributed by atoms with Crippen LogP contribution in [0.2, 0.25) is 0 Å². The summed E-state index contributed by atoms with van der Waals surface area (Å²) in [7, 11) is -1.76. The molecule has 1 unspecified atom stereocenters. The molecule has 0 radical (unpaired) electrons. The van der Waals surface area contributed by atoms with Gasteiger partial charge in [-0.15, -0.1) is 0 Å². The fraction of sp³-hybridized carbons (Fsp3) is 0.750. The molecular weight excluding hydrogens is 264 g/mol. The van der Waals surface area contributed by atoms with E-state index >= 15 is 0 Å². The lowest BCUT2D eigenvalue weighted by atomic mass is 10.1. The van der Waals surface area contributed by atoms with Crippen molar-refractivity contribution in [3.63, 3.8) is 0 Å². The molecule has 0 aliphatic carbocycles. The lowest BCUT2D eigenvalue weighted by Gasteiger charge is -2.32. The number of piperidine rings is 1. The van der Waals surface area contributed by atoms with Crippen LogP contribution in [0.4, 0.5) is 0 Å². The standard InChI is InChI=1S/C12H22N4O2S/c1-3-7-13-11-5-4-9-16(10-11)19(17,18)12-6-8-14-15(12)2/h6,8,11,13H,3-5,7,9-10H2,1-2H3. The van der Waals surface area contributed by atoms with Crippen LogP contribution in [0.3, 0.4) is 0 Å². The summed E-state index contributed by atoms with van der Waals surface area (Å²) < 4.78 is 28.0. The molecule has 1 atom stereocenters. The Morgan fingerprint density at radius 1 is 1.53 bits per heavy atom. The van der Waals surface area contributed by atoms with Crippen molar-refractivity contribution in [3.8, 4) is 0 Å². The van der Waals surface area contributed by atoms with Gasteiger partial charge in [0.15, 0.2) is 5.03 Å². The van der Waals surface area contributed by atoms with Gasteiger partial charge in [0.05, 0.1) is 6.20 Å². The first-order valence-electron chi connectivity index (χ1n) is 6.77. The van der Waals surface area contributed by atoms with Gasteiger partial charge in [-0.05, 0) is 31.9 Å². The molecule has 1 aliphatic heterocycles. The van der Waals surface area contributed by atoms with Crippen LogP contribution in [0.1, 0.15) is 26.2 Å². The first-order valence-corrected chi connectivity index (χ1v) is 8.21. The van der Waals surface area contributed by atoms with Gasteiger partial charge < -0.3 is 5.32 Å². The number of aryl methyl sites for hydroxylation is 1. The highest BCUT2D eigenvalue weighted by Crippen LogP contribution is 2.20. The van der Waals surface area contributed by atoms with E-state index in [0.717, 1.165) is 25.8 Å². The largest absolute Gasteiger partial charge is 0.313 e. The lowest BCUT2D eigenvalue weighted by molar-refractivity contribution is 0.282. The highest BCUT2D eigenvalue weighted by atomic mass is 32.2. The Hall–Kier alpha value is -0.920. The maximum atomic E-state index is 12.5. The van der Waals surface area contributed by atoms with Gasteiger partial charge in [0, 0.05) is 26.2 Å². The van der Waals surface area contributed by atoms with Crippen molar-refractivity contribution in [2.75, 3.05) is 19.6 Å². The SMILES string of the molecule is CCCNC1CCCN(S(=O)(=O)c2ccnn2C)C1. The van der Waals surface area contributed by atoms with Gasteiger partial charge in [-0.3, -0.25) is 4.68 Å². The predicted molar refractivity (Wildman–Crippen MR) is 73.3 cm³/mol. The van der Waals surface area contributed by atoms with Crippen LogP contribution in [0, 0.1) is 0 Å². The highest BCUT2D eigenvalue weighted by Gasteiger charge is 2.31. The molecule has 1 aliphatic rings. The fourth-order valence-corrected chi connectivity index (χ4v) is 4.05. The van der Waals surface area contributed by atoms with Gasteiger partial charge in [0.25, 0.3) is 10.0 Å². The Morgan fingerprint density at radius 3 is 2.95 bits per heavy atom. The molecule has 0 aromatic carbocycles. The van der Waals surface area contributed by atoms with E-state index in [4.69, 9.17) is 0 Å². The van der Waals surface area contributed by atoms with E-state index in [-0.39, 0.29) is 11.1 Å². The number of hydrogen-bond acceptors (Lipinski definition) is 4. The van der Waals surface area contributed by atoms with Crippen LogP contribution in [0.25, 0.3) is 0 Å². The summed E-state index contributed by atoms with van der Waals surface area (Å²) in [5, 5.41) is 7.61. The second-order valence-corrected chi connectivity index (χ2v) is 6.83. The number of aromatic nitrogens is 2. The summed E-state index contributed by atoms with van der Waals surface area (Å²) in [6, 6.07) is 1.81. The quantitative estimate of drug-likeness (QED) is 0.859. The molecule has 108 valence electrons. The number of hydrogen-bond donors (Lipinski definition) is 1. The molecule has 1 fully saturated rings. The third-order valence-corrected chi connectivity index (χ3v) is 5.39. The third-order valence-electron chi connectivity index (χ3n) is 3.45. The number of rotatable bonds is 5. The van der Waals surface area contributed by atoms with Crippen LogP contribution in [0.5, 0.6) is 0 Å². The summed E-state index contributed by atoms with van der Waals surface area (Å²) in [5.41, 5.74) is 0. The van der Waals surface area contributed by atoms with Gasteiger partial charge in [-0.2, -0.15) is 9.40 Å². The first kappa shape index (κ1) is 14.5. The molecule has 2 heterocycles. The van der Waals surface area contributed by atoms with Crippen molar-refractivity contribution in [2.24, 2.45) is 7.05 Å². The van der Waals surface area contributed by atoms with Crippen LogP contribution in [-0.4, -0.2) is 48.2 Å². The monoisotopic (exact) mass is 286 g/mol. The molecule has 7 heteroatoms. The van der Waals surface area contributed by atoms with E-state index in [1.54, 1.807) is 17.4 Å². The molecule has 0 saturated carbocycles.